The van der Waals surface area contributed by atoms with Crippen LogP contribution in [0.4, 0.5) is 5.69 Å². The van der Waals surface area contributed by atoms with Crippen LogP contribution in [0.2, 0.25) is 0 Å². The van der Waals surface area contributed by atoms with Crippen LogP contribution in [0.3, 0.4) is 0 Å². The molecule has 1 aromatic heterocycles. The van der Waals surface area contributed by atoms with Gasteiger partial charge in [0, 0.05) is 11.3 Å². The number of amides is 1. The van der Waals surface area contributed by atoms with Gasteiger partial charge in [-0.1, -0.05) is 49.4 Å². The van der Waals surface area contributed by atoms with Crippen LogP contribution in [0, 0.1) is 6.92 Å². The number of para-hydroxylation sites is 1. The molecule has 0 aliphatic heterocycles. The second kappa shape index (κ2) is 9.10. The lowest BCUT2D eigenvalue weighted by atomic mass is 10.1. The molecule has 0 aliphatic carbocycles. The SMILES string of the molecule is CCC(OC(=O)c1ccccc1-c1nc2ccccc2s1)C(=O)Nc1cccc(C)c1. The van der Waals surface area contributed by atoms with E-state index in [1.807, 2.05) is 74.5 Å². The Morgan fingerprint density at radius 2 is 1.81 bits per heavy atom. The molecule has 5 nitrogen and oxygen atoms in total. The molecule has 156 valence electrons. The number of anilines is 1. The molecule has 1 N–H and O–H groups in total. The summed E-state index contributed by atoms with van der Waals surface area (Å²) in [4.78, 5) is 30.4. The number of benzene rings is 3. The zero-order chi connectivity index (χ0) is 21.8. The molecule has 4 rings (SSSR count). The van der Waals surface area contributed by atoms with Crippen LogP contribution < -0.4 is 5.32 Å². The average Bonchev–Trinajstić information content (AvgIpc) is 3.21. The van der Waals surface area contributed by atoms with Crippen molar-refractivity contribution in [2.75, 3.05) is 5.32 Å². The first-order chi connectivity index (χ1) is 15.0. The van der Waals surface area contributed by atoms with Crippen molar-refractivity contribution >= 4 is 39.1 Å². The predicted molar refractivity (Wildman–Crippen MR) is 124 cm³/mol. The molecule has 4 aromatic rings. The zero-order valence-electron chi connectivity index (χ0n) is 17.3. The number of nitrogens with zero attached hydrogens (tertiary/aromatic N) is 1. The number of nitrogens with one attached hydrogen (secondary N) is 1. The maximum atomic E-state index is 13.0. The minimum absolute atomic E-state index is 0.348. The second-order valence-corrected chi connectivity index (χ2v) is 8.22. The second-order valence-electron chi connectivity index (χ2n) is 7.19. The van der Waals surface area contributed by atoms with Gasteiger partial charge in [0.2, 0.25) is 0 Å². The van der Waals surface area contributed by atoms with Crippen molar-refractivity contribution in [2.24, 2.45) is 0 Å². The van der Waals surface area contributed by atoms with Gasteiger partial charge in [0.15, 0.2) is 6.10 Å². The molecule has 1 amide bonds. The number of hydrogen-bond donors (Lipinski definition) is 1. The highest BCUT2D eigenvalue weighted by Crippen LogP contribution is 2.32. The molecule has 0 spiro atoms. The highest BCUT2D eigenvalue weighted by atomic mass is 32.1. The van der Waals surface area contributed by atoms with E-state index in [0.717, 1.165) is 20.8 Å². The van der Waals surface area contributed by atoms with E-state index in [4.69, 9.17) is 4.74 Å². The standard InChI is InChI=1S/C25H22N2O3S/c1-3-21(23(28)26-17-10-8-9-16(2)15-17)30-25(29)19-12-5-4-11-18(19)24-27-20-13-6-7-14-22(20)31-24/h4-15,21H,3H2,1-2H3,(H,26,28). The van der Waals surface area contributed by atoms with E-state index in [9.17, 15) is 9.59 Å². The number of hydrogen-bond acceptors (Lipinski definition) is 5. The van der Waals surface area contributed by atoms with Crippen LogP contribution in [-0.2, 0) is 9.53 Å². The van der Waals surface area contributed by atoms with Crippen LogP contribution in [0.5, 0.6) is 0 Å². The molecule has 0 fully saturated rings. The quantitative estimate of drug-likeness (QED) is 0.390. The van der Waals surface area contributed by atoms with E-state index in [0.29, 0.717) is 23.2 Å². The fraction of sp³-hybridized carbons (Fsp3) is 0.160. The van der Waals surface area contributed by atoms with Crippen molar-refractivity contribution in [3.05, 3.63) is 83.9 Å². The monoisotopic (exact) mass is 430 g/mol. The third kappa shape index (κ3) is 4.64. The molecule has 0 bridgehead atoms. The van der Waals surface area contributed by atoms with E-state index in [2.05, 4.69) is 10.3 Å². The summed E-state index contributed by atoms with van der Waals surface area (Å²) in [7, 11) is 0. The van der Waals surface area contributed by atoms with Crippen LogP contribution in [0.1, 0.15) is 29.3 Å². The van der Waals surface area contributed by atoms with Crippen molar-refractivity contribution in [3.8, 4) is 10.6 Å². The van der Waals surface area contributed by atoms with E-state index in [-0.39, 0.29) is 5.91 Å². The third-order valence-corrected chi connectivity index (χ3v) is 5.94. The normalized spacial score (nSPS) is 11.8. The lowest BCUT2D eigenvalue weighted by Gasteiger charge is -2.17. The number of rotatable bonds is 6. The highest BCUT2D eigenvalue weighted by molar-refractivity contribution is 7.21. The Morgan fingerprint density at radius 1 is 1.03 bits per heavy atom. The molecular formula is C25H22N2O3S. The maximum absolute atomic E-state index is 13.0. The molecule has 0 aliphatic rings. The van der Waals surface area contributed by atoms with Gasteiger partial charge in [-0.25, -0.2) is 9.78 Å². The summed E-state index contributed by atoms with van der Waals surface area (Å²) < 4.78 is 6.66. The lowest BCUT2D eigenvalue weighted by molar-refractivity contribution is -0.124. The van der Waals surface area contributed by atoms with Crippen LogP contribution in [0.25, 0.3) is 20.8 Å². The molecule has 1 unspecified atom stereocenters. The third-order valence-electron chi connectivity index (χ3n) is 4.87. The summed E-state index contributed by atoms with van der Waals surface area (Å²) in [5, 5.41) is 3.57. The summed E-state index contributed by atoms with van der Waals surface area (Å²) in [5.41, 5.74) is 3.68. The van der Waals surface area contributed by atoms with Gasteiger partial charge in [-0.05, 0) is 49.2 Å². The summed E-state index contributed by atoms with van der Waals surface area (Å²) >= 11 is 1.52. The Labute approximate surface area is 184 Å². The Morgan fingerprint density at radius 3 is 2.58 bits per heavy atom. The Kier molecular flexibility index (Phi) is 6.09. The number of esters is 1. The van der Waals surface area contributed by atoms with E-state index < -0.39 is 12.1 Å². The van der Waals surface area contributed by atoms with Crippen molar-refractivity contribution in [1.82, 2.24) is 4.98 Å². The number of aryl methyl sites for hydroxylation is 1. The van der Waals surface area contributed by atoms with Crippen molar-refractivity contribution in [2.45, 2.75) is 26.4 Å². The van der Waals surface area contributed by atoms with Crippen LogP contribution in [-0.4, -0.2) is 23.0 Å². The van der Waals surface area contributed by atoms with Gasteiger partial charge in [-0.3, -0.25) is 4.79 Å². The van der Waals surface area contributed by atoms with Gasteiger partial charge >= 0.3 is 5.97 Å². The summed E-state index contributed by atoms with van der Waals surface area (Å²) in [6, 6.07) is 22.5. The van der Waals surface area contributed by atoms with Gasteiger partial charge < -0.3 is 10.1 Å². The topological polar surface area (TPSA) is 68.3 Å². The Bertz CT molecular complexity index is 1220. The minimum Gasteiger partial charge on any atom is -0.449 e. The molecule has 31 heavy (non-hydrogen) atoms. The molecule has 0 saturated heterocycles. The molecule has 3 aromatic carbocycles. The number of fused-ring (bicyclic) bond motifs is 1. The first-order valence-corrected chi connectivity index (χ1v) is 10.9. The van der Waals surface area contributed by atoms with E-state index >= 15 is 0 Å². The van der Waals surface area contributed by atoms with Crippen LogP contribution in [0.15, 0.2) is 72.8 Å². The molecule has 1 atom stereocenters. The Hall–Kier alpha value is -3.51. The number of ether oxygens (including phenoxy) is 1. The van der Waals surface area contributed by atoms with Crippen molar-refractivity contribution in [1.29, 1.82) is 0 Å². The molecular weight excluding hydrogens is 408 g/mol. The molecule has 0 radical (unpaired) electrons. The summed E-state index contributed by atoms with van der Waals surface area (Å²) in [6.45, 7) is 3.76. The summed E-state index contributed by atoms with van der Waals surface area (Å²) in [6.07, 6.45) is -0.524. The largest absolute Gasteiger partial charge is 0.449 e. The average molecular weight is 431 g/mol. The van der Waals surface area contributed by atoms with E-state index in [1.54, 1.807) is 12.1 Å². The fourth-order valence-corrected chi connectivity index (χ4v) is 4.30. The van der Waals surface area contributed by atoms with Gasteiger partial charge in [-0.15, -0.1) is 11.3 Å². The van der Waals surface area contributed by atoms with Gasteiger partial charge in [0.1, 0.15) is 5.01 Å². The smallest absolute Gasteiger partial charge is 0.339 e. The Balaban J connectivity index is 1.55. The predicted octanol–water partition coefficient (Wildman–Crippen LogP) is 5.85. The van der Waals surface area contributed by atoms with E-state index in [1.165, 1.54) is 11.3 Å². The molecule has 6 heteroatoms. The van der Waals surface area contributed by atoms with Crippen molar-refractivity contribution in [3.63, 3.8) is 0 Å². The molecule has 0 saturated carbocycles. The minimum atomic E-state index is -0.892. The van der Waals surface area contributed by atoms with Gasteiger partial charge in [0.25, 0.3) is 5.91 Å². The lowest BCUT2D eigenvalue weighted by Crippen LogP contribution is -2.32. The zero-order valence-corrected chi connectivity index (χ0v) is 18.1. The number of thiazole rings is 1. The highest BCUT2D eigenvalue weighted by Gasteiger charge is 2.24. The first-order valence-electron chi connectivity index (χ1n) is 10.1. The number of carbonyl (C=O) groups excluding carboxylic acids is 2. The van der Waals surface area contributed by atoms with Crippen molar-refractivity contribution < 1.29 is 14.3 Å². The van der Waals surface area contributed by atoms with Crippen LogP contribution >= 0.6 is 11.3 Å². The number of aromatic nitrogens is 1. The first kappa shape index (κ1) is 20.8. The summed E-state index contributed by atoms with van der Waals surface area (Å²) in [5.74, 6) is -0.889. The van der Waals surface area contributed by atoms with Gasteiger partial charge in [-0.2, -0.15) is 0 Å². The number of carbonyl (C=O) groups is 2. The molecule has 1 heterocycles. The van der Waals surface area contributed by atoms with Gasteiger partial charge in [0.05, 0.1) is 15.8 Å². The maximum Gasteiger partial charge on any atom is 0.339 e. The fourth-order valence-electron chi connectivity index (χ4n) is 3.30.